The van der Waals surface area contributed by atoms with Gasteiger partial charge in [-0.25, -0.2) is 4.39 Å². The number of ether oxygens (including phenoxy) is 1. The molecule has 1 heterocycles. The monoisotopic (exact) mass is 267 g/mol. The zero-order valence-electron chi connectivity index (χ0n) is 10.7. The molecule has 104 valence electrons. The van der Waals surface area contributed by atoms with Crippen LogP contribution < -0.4 is 0 Å². The number of aliphatic carboxylic acids is 1. The normalized spacial score (nSPS) is 18.9. The van der Waals surface area contributed by atoms with Crippen LogP contribution in [-0.2, 0) is 16.1 Å². The number of benzene rings is 1. The van der Waals surface area contributed by atoms with Crippen LogP contribution in [0.5, 0.6) is 0 Å². The second-order valence-electron chi connectivity index (χ2n) is 4.82. The van der Waals surface area contributed by atoms with Crippen molar-refractivity contribution in [3.05, 3.63) is 35.6 Å². The molecule has 1 aliphatic heterocycles. The Morgan fingerprint density at radius 2 is 2.16 bits per heavy atom. The van der Waals surface area contributed by atoms with Crippen molar-refractivity contribution in [3.63, 3.8) is 0 Å². The molecule has 1 unspecified atom stereocenters. The number of hydrogen-bond donors (Lipinski definition) is 1. The van der Waals surface area contributed by atoms with E-state index in [1.807, 2.05) is 4.90 Å². The summed E-state index contributed by atoms with van der Waals surface area (Å²) in [4.78, 5) is 12.7. The van der Waals surface area contributed by atoms with Gasteiger partial charge in [-0.3, -0.25) is 9.69 Å². The SMILES string of the molecule is O=C(O)CN(Cc1ccc(F)cc1)CC1CCCO1. The molecule has 0 aliphatic carbocycles. The van der Waals surface area contributed by atoms with E-state index in [0.717, 1.165) is 25.0 Å². The third kappa shape index (κ3) is 4.61. The van der Waals surface area contributed by atoms with Crippen LogP contribution in [-0.4, -0.2) is 41.8 Å². The molecule has 1 atom stereocenters. The molecule has 19 heavy (non-hydrogen) atoms. The lowest BCUT2D eigenvalue weighted by atomic mass is 10.2. The number of rotatable bonds is 6. The van der Waals surface area contributed by atoms with Crippen molar-refractivity contribution in [3.8, 4) is 0 Å². The topological polar surface area (TPSA) is 49.8 Å². The molecule has 5 heteroatoms. The maximum absolute atomic E-state index is 12.8. The quantitative estimate of drug-likeness (QED) is 0.855. The number of hydrogen-bond acceptors (Lipinski definition) is 3. The van der Waals surface area contributed by atoms with Crippen molar-refractivity contribution in [2.75, 3.05) is 19.7 Å². The highest BCUT2D eigenvalue weighted by molar-refractivity contribution is 5.69. The molecule has 1 fully saturated rings. The van der Waals surface area contributed by atoms with Gasteiger partial charge < -0.3 is 9.84 Å². The summed E-state index contributed by atoms with van der Waals surface area (Å²) in [5, 5.41) is 8.94. The Morgan fingerprint density at radius 1 is 1.42 bits per heavy atom. The summed E-state index contributed by atoms with van der Waals surface area (Å²) in [6, 6.07) is 6.14. The molecule has 0 aromatic heterocycles. The third-order valence-electron chi connectivity index (χ3n) is 3.16. The van der Waals surface area contributed by atoms with Crippen LogP contribution in [0.4, 0.5) is 4.39 Å². The molecule has 0 amide bonds. The van der Waals surface area contributed by atoms with Crippen LogP contribution in [0.3, 0.4) is 0 Å². The van der Waals surface area contributed by atoms with Crippen molar-refractivity contribution in [2.24, 2.45) is 0 Å². The molecule has 0 saturated carbocycles. The van der Waals surface area contributed by atoms with Gasteiger partial charge in [0.05, 0.1) is 12.6 Å². The van der Waals surface area contributed by atoms with Crippen LogP contribution in [0.1, 0.15) is 18.4 Å². The summed E-state index contributed by atoms with van der Waals surface area (Å²) in [5.74, 6) is -1.15. The second-order valence-corrected chi connectivity index (χ2v) is 4.82. The molecular weight excluding hydrogens is 249 g/mol. The fourth-order valence-corrected chi connectivity index (χ4v) is 2.30. The van der Waals surface area contributed by atoms with Crippen molar-refractivity contribution < 1.29 is 19.0 Å². The first-order valence-electron chi connectivity index (χ1n) is 6.43. The Hall–Kier alpha value is -1.46. The van der Waals surface area contributed by atoms with Crippen LogP contribution in [0.2, 0.25) is 0 Å². The Balaban J connectivity index is 1.95. The van der Waals surface area contributed by atoms with Gasteiger partial charge in [0, 0.05) is 19.7 Å². The lowest BCUT2D eigenvalue weighted by Gasteiger charge is -2.23. The number of halogens is 1. The van der Waals surface area contributed by atoms with Gasteiger partial charge in [0.1, 0.15) is 5.82 Å². The van der Waals surface area contributed by atoms with E-state index in [-0.39, 0.29) is 18.5 Å². The van der Waals surface area contributed by atoms with Gasteiger partial charge in [-0.05, 0) is 30.5 Å². The largest absolute Gasteiger partial charge is 0.480 e. The standard InChI is InChI=1S/C14H18FNO3/c15-12-5-3-11(4-6-12)8-16(10-14(17)18)9-13-2-1-7-19-13/h3-6,13H,1-2,7-10H2,(H,17,18). The van der Waals surface area contributed by atoms with E-state index in [1.165, 1.54) is 12.1 Å². The first-order valence-corrected chi connectivity index (χ1v) is 6.43. The predicted molar refractivity (Wildman–Crippen MR) is 68.3 cm³/mol. The van der Waals surface area contributed by atoms with E-state index in [4.69, 9.17) is 9.84 Å². The van der Waals surface area contributed by atoms with Crippen LogP contribution in [0.15, 0.2) is 24.3 Å². The van der Waals surface area contributed by atoms with Crippen LogP contribution in [0.25, 0.3) is 0 Å². The van der Waals surface area contributed by atoms with Crippen molar-refractivity contribution in [1.82, 2.24) is 4.90 Å². The summed E-state index contributed by atoms with van der Waals surface area (Å²) in [7, 11) is 0. The summed E-state index contributed by atoms with van der Waals surface area (Å²) < 4.78 is 18.4. The first-order chi connectivity index (χ1) is 9.13. The van der Waals surface area contributed by atoms with E-state index < -0.39 is 5.97 Å². The van der Waals surface area contributed by atoms with E-state index in [2.05, 4.69) is 0 Å². The van der Waals surface area contributed by atoms with E-state index in [0.29, 0.717) is 13.1 Å². The number of carboxylic acids is 1. The molecular formula is C14H18FNO3. The van der Waals surface area contributed by atoms with Gasteiger partial charge in [-0.15, -0.1) is 0 Å². The van der Waals surface area contributed by atoms with Crippen molar-refractivity contribution >= 4 is 5.97 Å². The number of carboxylic acid groups (broad SMARTS) is 1. The van der Waals surface area contributed by atoms with Crippen LogP contribution >= 0.6 is 0 Å². The minimum Gasteiger partial charge on any atom is -0.480 e. The van der Waals surface area contributed by atoms with Crippen molar-refractivity contribution in [1.29, 1.82) is 0 Å². The third-order valence-corrected chi connectivity index (χ3v) is 3.16. The maximum Gasteiger partial charge on any atom is 0.317 e. The van der Waals surface area contributed by atoms with Gasteiger partial charge in [0.15, 0.2) is 0 Å². The van der Waals surface area contributed by atoms with Gasteiger partial charge in [-0.1, -0.05) is 12.1 Å². The molecule has 0 radical (unpaired) electrons. The minimum absolute atomic E-state index is 0.0305. The fourth-order valence-electron chi connectivity index (χ4n) is 2.30. The predicted octanol–water partition coefficient (Wildman–Crippen LogP) is 1.89. The van der Waals surface area contributed by atoms with Gasteiger partial charge in [0.2, 0.25) is 0 Å². The molecule has 1 N–H and O–H groups in total. The Bertz CT molecular complexity index is 415. The lowest BCUT2D eigenvalue weighted by Crippen LogP contribution is -2.35. The Kier molecular flexibility index (Phi) is 4.87. The van der Waals surface area contributed by atoms with E-state index in [1.54, 1.807) is 12.1 Å². The van der Waals surface area contributed by atoms with E-state index >= 15 is 0 Å². The Morgan fingerprint density at radius 3 is 2.74 bits per heavy atom. The fraction of sp³-hybridized carbons (Fsp3) is 0.500. The first kappa shape index (κ1) is 14.0. The van der Waals surface area contributed by atoms with Crippen LogP contribution in [0, 0.1) is 5.82 Å². The molecule has 0 spiro atoms. The number of nitrogens with zero attached hydrogens (tertiary/aromatic N) is 1. The van der Waals surface area contributed by atoms with Gasteiger partial charge in [0.25, 0.3) is 0 Å². The molecule has 4 nitrogen and oxygen atoms in total. The molecule has 1 saturated heterocycles. The second kappa shape index (κ2) is 6.63. The molecule has 2 rings (SSSR count). The minimum atomic E-state index is -0.861. The average molecular weight is 267 g/mol. The summed E-state index contributed by atoms with van der Waals surface area (Å²) in [6.07, 6.45) is 2.11. The highest BCUT2D eigenvalue weighted by Gasteiger charge is 2.20. The summed E-state index contributed by atoms with van der Waals surface area (Å²) in [6.45, 7) is 1.81. The average Bonchev–Trinajstić information content (AvgIpc) is 2.84. The zero-order valence-corrected chi connectivity index (χ0v) is 10.7. The highest BCUT2D eigenvalue weighted by atomic mass is 19.1. The maximum atomic E-state index is 12.8. The highest BCUT2D eigenvalue weighted by Crippen LogP contribution is 2.15. The van der Waals surface area contributed by atoms with Crippen molar-refractivity contribution in [2.45, 2.75) is 25.5 Å². The summed E-state index contributed by atoms with van der Waals surface area (Å²) >= 11 is 0. The summed E-state index contributed by atoms with van der Waals surface area (Å²) in [5.41, 5.74) is 0.903. The Labute approximate surface area is 111 Å². The molecule has 1 aromatic rings. The number of carbonyl (C=O) groups is 1. The van der Waals surface area contributed by atoms with Gasteiger partial charge >= 0.3 is 5.97 Å². The van der Waals surface area contributed by atoms with E-state index in [9.17, 15) is 9.18 Å². The van der Waals surface area contributed by atoms with Gasteiger partial charge in [-0.2, -0.15) is 0 Å². The molecule has 1 aliphatic rings. The lowest BCUT2D eigenvalue weighted by molar-refractivity contribution is -0.138. The molecule has 1 aromatic carbocycles. The zero-order chi connectivity index (χ0) is 13.7. The smallest absolute Gasteiger partial charge is 0.317 e. The molecule has 0 bridgehead atoms.